The fraction of sp³-hybridized carbons (Fsp3) is 0. The molecule has 5 heteroatoms. The van der Waals surface area contributed by atoms with E-state index in [1.165, 1.54) is 12.1 Å². The Balaban J connectivity index is 2.85. The van der Waals surface area contributed by atoms with E-state index >= 15 is 0 Å². The molecular weight excluding hydrogens is 201 g/mol. The Hall–Kier alpha value is -2.17. The minimum Gasteiger partial charge on any atom is -0.417 e. The Morgan fingerprint density at radius 3 is 2.73 bits per heavy atom. The number of rotatable bonds is 1. The van der Waals surface area contributed by atoms with E-state index in [0.717, 1.165) is 12.1 Å². The molecule has 1 heterocycles. The van der Waals surface area contributed by atoms with Gasteiger partial charge in [-0.3, -0.25) is 4.79 Å². The van der Waals surface area contributed by atoms with Crippen LogP contribution in [0.15, 0.2) is 33.5 Å². The summed E-state index contributed by atoms with van der Waals surface area (Å²) in [5, 5.41) is 0.501. The molecule has 0 aliphatic carbocycles. The van der Waals surface area contributed by atoms with Crippen molar-refractivity contribution in [3.63, 3.8) is 0 Å². The van der Waals surface area contributed by atoms with Crippen LogP contribution >= 0.6 is 0 Å². The van der Waals surface area contributed by atoms with Gasteiger partial charge in [0.15, 0.2) is 5.76 Å². The average Bonchev–Trinajstić information content (AvgIpc) is 2.16. The van der Waals surface area contributed by atoms with E-state index in [4.69, 9.17) is 5.73 Å². The summed E-state index contributed by atoms with van der Waals surface area (Å²) in [7, 11) is 0. The summed E-state index contributed by atoms with van der Waals surface area (Å²) in [4.78, 5) is 22.1. The fourth-order valence-electron chi connectivity index (χ4n) is 1.29. The summed E-state index contributed by atoms with van der Waals surface area (Å²) in [5.74, 6) is -1.64. The van der Waals surface area contributed by atoms with E-state index in [9.17, 15) is 14.0 Å². The molecule has 0 unspecified atom stereocenters. The average molecular weight is 207 g/mol. The zero-order valence-corrected chi connectivity index (χ0v) is 7.49. The lowest BCUT2D eigenvalue weighted by Crippen LogP contribution is -2.14. The van der Waals surface area contributed by atoms with Crippen molar-refractivity contribution in [3.05, 3.63) is 46.3 Å². The molecule has 0 saturated heterocycles. The van der Waals surface area contributed by atoms with E-state index in [1.54, 1.807) is 0 Å². The lowest BCUT2D eigenvalue weighted by molar-refractivity contribution is 0.0970. The first-order chi connectivity index (χ1) is 7.08. The van der Waals surface area contributed by atoms with Gasteiger partial charge in [-0.05, 0) is 29.7 Å². The third-order valence-electron chi connectivity index (χ3n) is 1.97. The second-order valence-corrected chi connectivity index (χ2v) is 2.99. The minimum atomic E-state index is -0.863. The van der Waals surface area contributed by atoms with Gasteiger partial charge in [-0.1, -0.05) is 0 Å². The lowest BCUT2D eigenvalue weighted by Gasteiger charge is -1.98. The van der Waals surface area contributed by atoms with Gasteiger partial charge in [0, 0.05) is 0 Å². The molecule has 0 aliphatic rings. The summed E-state index contributed by atoms with van der Waals surface area (Å²) in [5.41, 5.74) is 4.24. The molecule has 0 saturated carbocycles. The number of hydrogen-bond donors (Lipinski definition) is 1. The van der Waals surface area contributed by atoms with Crippen molar-refractivity contribution < 1.29 is 13.6 Å². The number of benzene rings is 1. The first-order valence-corrected chi connectivity index (χ1v) is 4.11. The number of fused-ring (bicyclic) bond motifs is 1. The van der Waals surface area contributed by atoms with Crippen molar-refractivity contribution in [1.29, 1.82) is 0 Å². The molecule has 0 fully saturated rings. The van der Waals surface area contributed by atoms with Crippen molar-refractivity contribution in [3.8, 4) is 0 Å². The van der Waals surface area contributed by atoms with E-state index in [1.807, 2.05) is 0 Å². The maximum absolute atomic E-state index is 12.9. The number of primary amides is 1. The van der Waals surface area contributed by atoms with E-state index in [2.05, 4.69) is 4.42 Å². The first-order valence-electron chi connectivity index (χ1n) is 4.11. The van der Waals surface area contributed by atoms with Crippen LogP contribution < -0.4 is 11.4 Å². The molecule has 1 aromatic heterocycles. The molecule has 2 N–H and O–H groups in total. The lowest BCUT2D eigenvalue weighted by atomic mass is 10.1. The summed E-state index contributed by atoms with van der Waals surface area (Å²) in [6, 6.07) is 4.81. The van der Waals surface area contributed by atoms with Crippen molar-refractivity contribution in [2.75, 3.05) is 0 Å². The van der Waals surface area contributed by atoms with Crippen LogP contribution in [-0.4, -0.2) is 5.91 Å². The predicted molar refractivity (Wildman–Crippen MR) is 51.0 cm³/mol. The van der Waals surface area contributed by atoms with Crippen molar-refractivity contribution >= 4 is 16.7 Å². The zero-order valence-electron chi connectivity index (χ0n) is 7.49. The van der Waals surface area contributed by atoms with Gasteiger partial charge in [0.25, 0.3) is 5.91 Å². The van der Waals surface area contributed by atoms with Crippen LogP contribution in [0.1, 0.15) is 10.6 Å². The molecule has 15 heavy (non-hydrogen) atoms. The summed E-state index contributed by atoms with van der Waals surface area (Å²) in [6.07, 6.45) is 0. The van der Waals surface area contributed by atoms with Crippen LogP contribution in [0.5, 0.6) is 0 Å². The normalized spacial score (nSPS) is 10.5. The predicted octanol–water partition coefficient (Wildman–Crippen LogP) is 1.03. The van der Waals surface area contributed by atoms with Crippen LogP contribution in [0.4, 0.5) is 4.39 Å². The van der Waals surface area contributed by atoms with Crippen molar-refractivity contribution in [2.24, 2.45) is 5.73 Å². The van der Waals surface area contributed by atoms with Crippen LogP contribution in [0, 0.1) is 5.82 Å². The summed E-state index contributed by atoms with van der Waals surface area (Å²) in [6.45, 7) is 0. The van der Waals surface area contributed by atoms with Gasteiger partial charge < -0.3 is 10.2 Å². The quantitative estimate of drug-likeness (QED) is 0.758. The van der Waals surface area contributed by atoms with Crippen LogP contribution in [-0.2, 0) is 0 Å². The molecule has 76 valence electrons. The standard InChI is InChI=1S/C10H6FNO3/c11-6-1-2-7-5(3-6)4-8(9(12)13)15-10(7)14/h1-4H,(H2,12,13). The third-order valence-corrected chi connectivity index (χ3v) is 1.97. The smallest absolute Gasteiger partial charge is 0.344 e. The molecule has 0 spiro atoms. The molecule has 1 aromatic carbocycles. The highest BCUT2D eigenvalue weighted by atomic mass is 19.1. The van der Waals surface area contributed by atoms with Crippen LogP contribution in [0.2, 0.25) is 0 Å². The van der Waals surface area contributed by atoms with Crippen molar-refractivity contribution in [2.45, 2.75) is 0 Å². The molecule has 2 aromatic rings. The molecule has 4 nitrogen and oxygen atoms in total. The fourth-order valence-corrected chi connectivity index (χ4v) is 1.29. The molecule has 2 rings (SSSR count). The van der Waals surface area contributed by atoms with Gasteiger partial charge in [-0.15, -0.1) is 0 Å². The number of halogens is 1. The Morgan fingerprint density at radius 2 is 2.07 bits per heavy atom. The molecule has 0 aliphatic heterocycles. The van der Waals surface area contributed by atoms with E-state index in [0.29, 0.717) is 5.39 Å². The number of nitrogens with two attached hydrogens (primary N) is 1. The summed E-state index contributed by atoms with van der Waals surface area (Å²) < 4.78 is 17.5. The van der Waals surface area contributed by atoms with Gasteiger partial charge in [-0.25, -0.2) is 9.18 Å². The molecule has 0 atom stereocenters. The summed E-state index contributed by atoms with van der Waals surface area (Å²) >= 11 is 0. The third kappa shape index (κ3) is 1.59. The molecule has 1 amide bonds. The second kappa shape index (κ2) is 3.20. The molecule has 0 bridgehead atoms. The maximum atomic E-state index is 12.9. The highest BCUT2D eigenvalue weighted by Gasteiger charge is 2.08. The first kappa shape index (κ1) is 9.39. The number of carbonyl (C=O) groups is 1. The largest absolute Gasteiger partial charge is 0.417 e. The second-order valence-electron chi connectivity index (χ2n) is 2.99. The van der Waals surface area contributed by atoms with Gasteiger partial charge in [0.05, 0.1) is 5.39 Å². The van der Waals surface area contributed by atoms with Gasteiger partial charge in [-0.2, -0.15) is 0 Å². The highest BCUT2D eigenvalue weighted by Crippen LogP contribution is 2.13. The van der Waals surface area contributed by atoms with Gasteiger partial charge in [0.1, 0.15) is 5.82 Å². The SMILES string of the molecule is NC(=O)c1cc2cc(F)ccc2c(=O)o1. The minimum absolute atomic E-state index is 0.210. The molecule has 0 radical (unpaired) electrons. The van der Waals surface area contributed by atoms with Crippen LogP contribution in [0.25, 0.3) is 10.8 Å². The van der Waals surface area contributed by atoms with E-state index < -0.39 is 17.3 Å². The van der Waals surface area contributed by atoms with Crippen LogP contribution in [0.3, 0.4) is 0 Å². The van der Waals surface area contributed by atoms with Gasteiger partial charge >= 0.3 is 5.63 Å². The number of carbonyl (C=O) groups excluding carboxylic acids is 1. The Kier molecular flexibility index (Phi) is 2.00. The highest BCUT2D eigenvalue weighted by molar-refractivity contribution is 5.94. The van der Waals surface area contributed by atoms with Gasteiger partial charge in [0.2, 0.25) is 0 Å². The Labute approximate surface area is 83.1 Å². The number of hydrogen-bond acceptors (Lipinski definition) is 3. The monoisotopic (exact) mass is 207 g/mol. The Bertz CT molecular complexity index is 603. The maximum Gasteiger partial charge on any atom is 0.344 e. The van der Waals surface area contributed by atoms with E-state index in [-0.39, 0.29) is 11.1 Å². The topological polar surface area (TPSA) is 73.3 Å². The van der Waals surface area contributed by atoms with Crippen molar-refractivity contribution in [1.82, 2.24) is 0 Å². The Morgan fingerprint density at radius 1 is 1.33 bits per heavy atom. The zero-order chi connectivity index (χ0) is 11.0. The number of amides is 1. The molecular formula is C10H6FNO3.